The third-order valence-electron chi connectivity index (χ3n) is 3.34. The van der Waals surface area contributed by atoms with E-state index >= 15 is 0 Å². The van der Waals surface area contributed by atoms with Crippen molar-refractivity contribution in [2.75, 3.05) is 12.3 Å². The summed E-state index contributed by atoms with van der Waals surface area (Å²) >= 11 is 0. The highest BCUT2D eigenvalue weighted by atomic mass is 16.1. The molecule has 0 aliphatic heterocycles. The Bertz CT molecular complexity index is 807. The number of imidazole rings is 1. The number of carbonyl (C=O) groups excluding carboxylic acids is 1. The van der Waals surface area contributed by atoms with E-state index in [0.29, 0.717) is 17.8 Å². The molecule has 0 aliphatic carbocycles. The quantitative estimate of drug-likeness (QED) is 0.723. The highest BCUT2D eigenvalue weighted by Crippen LogP contribution is 2.23. The smallest absolute Gasteiger partial charge is 0.251 e. The Morgan fingerprint density at radius 3 is 2.90 bits per heavy atom. The second-order valence-corrected chi connectivity index (χ2v) is 4.74. The van der Waals surface area contributed by atoms with E-state index in [0.717, 1.165) is 16.7 Å². The highest BCUT2D eigenvalue weighted by molar-refractivity contribution is 5.95. The summed E-state index contributed by atoms with van der Waals surface area (Å²) in [6, 6.07) is 13.1. The van der Waals surface area contributed by atoms with E-state index in [2.05, 4.69) is 10.3 Å². The van der Waals surface area contributed by atoms with Crippen molar-refractivity contribution in [2.45, 2.75) is 6.92 Å². The van der Waals surface area contributed by atoms with Gasteiger partial charge in [0.05, 0.1) is 22.4 Å². The van der Waals surface area contributed by atoms with Gasteiger partial charge < -0.3 is 11.1 Å². The average Bonchev–Trinajstić information content (AvgIpc) is 2.92. The van der Waals surface area contributed by atoms with Gasteiger partial charge >= 0.3 is 0 Å². The number of benzene rings is 2. The molecule has 5 heteroatoms. The maximum atomic E-state index is 12.0. The number of hydrogen-bond donors (Lipinski definition) is 2. The predicted molar refractivity (Wildman–Crippen MR) is 83.5 cm³/mol. The topological polar surface area (TPSA) is 72.9 Å². The molecule has 0 saturated carbocycles. The first kappa shape index (κ1) is 13.2. The van der Waals surface area contributed by atoms with E-state index in [1.165, 1.54) is 0 Å². The molecular formula is C16H16N4O. The standard InChI is InChI=1S/C16H16N4O/c1-2-18-16(21)11-7-8-12(17)15(9-11)20-10-19-13-5-3-4-6-14(13)20/h3-10H,2,17H2,1H3,(H,18,21). The first-order valence-electron chi connectivity index (χ1n) is 6.81. The fourth-order valence-corrected chi connectivity index (χ4v) is 2.31. The van der Waals surface area contributed by atoms with Crippen molar-refractivity contribution >= 4 is 22.6 Å². The first-order chi connectivity index (χ1) is 10.2. The summed E-state index contributed by atoms with van der Waals surface area (Å²) in [5.41, 5.74) is 9.85. The number of hydrogen-bond acceptors (Lipinski definition) is 3. The lowest BCUT2D eigenvalue weighted by Crippen LogP contribution is -2.22. The third kappa shape index (κ3) is 2.33. The van der Waals surface area contributed by atoms with Gasteiger partial charge in [-0.2, -0.15) is 0 Å². The van der Waals surface area contributed by atoms with Crippen molar-refractivity contribution in [3.05, 3.63) is 54.4 Å². The third-order valence-corrected chi connectivity index (χ3v) is 3.34. The number of nitrogens with zero attached hydrogens (tertiary/aromatic N) is 2. The summed E-state index contributed by atoms with van der Waals surface area (Å²) in [6.07, 6.45) is 1.72. The summed E-state index contributed by atoms with van der Waals surface area (Å²) < 4.78 is 1.90. The second kappa shape index (κ2) is 5.28. The van der Waals surface area contributed by atoms with Gasteiger partial charge in [0.25, 0.3) is 5.91 Å². The molecule has 3 aromatic rings. The largest absolute Gasteiger partial charge is 0.397 e. The van der Waals surface area contributed by atoms with Crippen LogP contribution in [0.1, 0.15) is 17.3 Å². The molecule has 0 atom stereocenters. The van der Waals surface area contributed by atoms with E-state index in [1.54, 1.807) is 24.5 Å². The molecule has 21 heavy (non-hydrogen) atoms. The molecule has 0 unspecified atom stereocenters. The maximum Gasteiger partial charge on any atom is 0.251 e. The van der Waals surface area contributed by atoms with Gasteiger partial charge in [-0.1, -0.05) is 12.1 Å². The van der Waals surface area contributed by atoms with Crippen LogP contribution < -0.4 is 11.1 Å². The number of rotatable bonds is 3. The molecule has 2 aromatic carbocycles. The second-order valence-electron chi connectivity index (χ2n) is 4.74. The molecule has 0 radical (unpaired) electrons. The summed E-state index contributed by atoms with van der Waals surface area (Å²) in [5, 5.41) is 2.79. The average molecular weight is 280 g/mol. The molecule has 5 nitrogen and oxygen atoms in total. The number of fused-ring (bicyclic) bond motifs is 1. The van der Waals surface area contributed by atoms with Crippen LogP contribution in [0.25, 0.3) is 16.7 Å². The molecule has 1 heterocycles. The van der Waals surface area contributed by atoms with Gasteiger partial charge in [-0.05, 0) is 37.3 Å². The number of carbonyl (C=O) groups is 1. The predicted octanol–water partition coefficient (Wildman–Crippen LogP) is 2.36. The number of amides is 1. The molecule has 1 amide bonds. The number of para-hydroxylation sites is 2. The van der Waals surface area contributed by atoms with Crippen LogP contribution in [-0.4, -0.2) is 22.0 Å². The number of nitrogens with two attached hydrogens (primary N) is 1. The zero-order valence-corrected chi connectivity index (χ0v) is 11.7. The van der Waals surface area contributed by atoms with Gasteiger partial charge in [0.2, 0.25) is 0 Å². The van der Waals surface area contributed by atoms with Crippen LogP contribution in [-0.2, 0) is 0 Å². The van der Waals surface area contributed by atoms with E-state index in [1.807, 2.05) is 35.8 Å². The van der Waals surface area contributed by atoms with Crippen molar-refractivity contribution in [2.24, 2.45) is 0 Å². The number of anilines is 1. The van der Waals surface area contributed by atoms with Gasteiger partial charge in [-0.25, -0.2) is 4.98 Å². The van der Waals surface area contributed by atoms with Crippen molar-refractivity contribution in [3.63, 3.8) is 0 Å². The van der Waals surface area contributed by atoms with Crippen molar-refractivity contribution in [1.29, 1.82) is 0 Å². The Hall–Kier alpha value is -2.82. The zero-order valence-electron chi connectivity index (χ0n) is 11.7. The van der Waals surface area contributed by atoms with Crippen LogP contribution in [0.2, 0.25) is 0 Å². The van der Waals surface area contributed by atoms with Gasteiger partial charge in [0, 0.05) is 12.1 Å². The number of nitrogens with one attached hydrogen (secondary N) is 1. The molecule has 3 rings (SSSR count). The lowest BCUT2D eigenvalue weighted by atomic mass is 10.1. The minimum Gasteiger partial charge on any atom is -0.397 e. The number of aromatic nitrogens is 2. The first-order valence-corrected chi connectivity index (χ1v) is 6.81. The van der Waals surface area contributed by atoms with Crippen LogP contribution in [0.15, 0.2) is 48.8 Å². The molecule has 3 N–H and O–H groups in total. The molecule has 0 saturated heterocycles. The van der Waals surface area contributed by atoms with Gasteiger partial charge in [-0.3, -0.25) is 9.36 Å². The molecule has 0 aliphatic rings. The van der Waals surface area contributed by atoms with E-state index in [-0.39, 0.29) is 5.91 Å². The van der Waals surface area contributed by atoms with Gasteiger partial charge in [0.1, 0.15) is 6.33 Å². The summed E-state index contributed by atoms with van der Waals surface area (Å²) in [7, 11) is 0. The van der Waals surface area contributed by atoms with Crippen molar-refractivity contribution < 1.29 is 4.79 Å². The lowest BCUT2D eigenvalue weighted by molar-refractivity contribution is 0.0956. The summed E-state index contributed by atoms with van der Waals surface area (Å²) in [4.78, 5) is 16.3. The normalized spacial score (nSPS) is 10.7. The number of nitrogen functional groups attached to an aromatic ring is 1. The van der Waals surface area contributed by atoms with Crippen molar-refractivity contribution in [1.82, 2.24) is 14.9 Å². The summed E-state index contributed by atoms with van der Waals surface area (Å²) in [6.45, 7) is 2.48. The van der Waals surface area contributed by atoms with Crippen LogP contribution in [0, 0.1) is 0 Å². The van der Waals surface area contributed by atoms with Gasteiger partial charge in [0.15, 0.2) is 0 Å². The van der Waals surface area contributed by atoms with Crippen LogP contribution in [0.4, 0.5) is 5.69 Å². The molecule has 106 valence electrons. The Balaban J connectivity index is 2.13. The van der Waals surface area contributed by atoms with Crippen LogP contribution in [0.5, 0.6) is 0 Å². The monoisotopic (exact) mass is 280 g/mol. The van der Waals surface area contributed by atoms with E-state index < -0.39 is 0 Å². The molecular weight excluding hydrogens is 264 g/mol. The minimum atomic E-state index is -0.108. The molecule has 1 aromatic heterocycles. The van der Waals surface area contributed by atoms with Gasteiger partial charge in [-0.15, -0.1) is 0 Å². The van der Waals surface area contributed by atoms with E-state index in [9.17, 15) is 4.79 Å². The van der Waals surface area contributed by atoms with Crippen LogP contribution in [0.3, 0.4) is 0 Å². The Morgan fingerprint density at radius 2 is 2.10 bits per heavy atom. The highest BCUT2D eigenvalue weighted by Gasteiger charge is 2.11. The fraction of sp³-hybridized carbons (Fsp3) is 0.125. The minimum absolute atomic E-state index is 0.108. The molecule has 0 bridgehead atoms. The zero-order chi connectivity index (χ0) is 14.8. The Morgan fingerprint density at radius 1 is 1.29 bits per heavy atom. The SMILES string of the molecule is CCNC(=O)c1ccc(N)c(-n2cnc3ccccc32)c1. The summed E-state index contributed by atoms with van der Waals surface area (Å²) in [5.74, 6) is -0.108. The fourth-order valence-electron chi connectivity index (χ4n) is 2.31. The Kier molecular flexibility index (Phi) is 3.31. The molecule has 0 spiro atoms. The lowest BCUT2D eigenvalue weighted by Gasteiger charge is -2.10. The maximum absolute atomic E-state index is 12.0. The molecule has 0 fully saturated rings. The van der Waals surface area contributed by atoms with E-state index in [4.69, 9.17) is 5.73 Å². The Labute approximate surface area is 122 Å². The van der Waals surface area contributed by atoms with Crippen LogP contribution >= 0.6 is 0 Å². The van der Waals surface area contributed by atoms with Crippen molar-refractivity contribution in [3.8, 4) is 5.69 Å².